The molecular formula is C14H24N2. The highest BCUT2D eigenvalue weighted by Crippen LogP contribution is 2.12. The van der Waals surface area contributed by atoms with E-state index < -0.39 is 0 Å². The van der Waals surface area contributed by atoms with Crippen molar-refractivity contribution >= 4 is 0 Å². The topological polar surface area (TPSA) is 24.9 Å². The molecule has 16 heavy (non-hydrogen) atoms. The van der Waals surface area contributed by atoms with Crippen LogP contribution < -0.4 is 5.32 Å². The van der Waals surface area contributed by atoms with Crippen molar-refractivity contribution in [3.8, 4) is 0 Å². The third kappa shape index (κ3) is 4.31. The van der Waals surface area contributed by atoms with Crippen LogP contribution in [0.1, 0.15) is 39.2 Å². The zero-order valence-corrected chi connectivity index (χ0v) is 10.7. The molecule has 2 heteroatoms. The van der Waals surface area contributed by atoms with Gasteiger partial charge in [0.05, 0.1) is 0 Å². The molecule has 0 aliphatic heterocycles. The van der Waals surface area contributed by atoms with E-state index in [-0.39, 0.29) is 0 Å². The van der Waals surface area contributed by atoms with Crippen LogP contribution in [0.25, 0.3) is 0 Å². The molecule has 0 fully saturated rings. The molecule has 1 unspecified atom stereocenters. The number of nitrogens with zero attached hydrogens (tertiary/aromatic N) is 1. The van der Waals surface area contributed by atoms with Crippen LogP contribution in [0.3, 0.4) is 0 Å². The van der Waals surface area contributed by atoms with E-state index in [9.17, 15) is 0 Å². The fourth-order valence-corrected chi connectivity index (χ4v) is 2.16. The second kappa shape index (κ2) is 7.39. The van der Waals surface area contributed by atoms with Gasteiger partial charge in [-0.25, -0.2) is 0 Å². The van der Waals surface area contributed by atoms with E-state index in [0.717, 1.165) is 18.9 Å². The van der Waals surface area contributed by atoms with Gasteiger partial charge in [0.25, 0.3) is 0 Å². The third-order valence-electron chi connectivity index (χ3n) is 3.39. The molecule has 0 aliphatic rings. The van der Waals surface area contributed by atoms with Gasteiger partial charge in [-0.2, -0.15) is 0 Å². The van der Waals surface area contributed by atoms with Gasteiger partial charge in [0, 0.05) is 18.4 Å². The summed E-state index contributed by atoms with van der Waals surface area (Å²) in [5, 5.41) is 3.61. The Morgan fingerprint density at radius 3 is 2.38 bits per heavy atom. The molecule has 1 N–H and O–H groups in total. The van der Waals surface area contributed by atoms with Crippen molar-refractivity contribution in [3.05, 3.63) is 30.1 Å². The summed E-state index contributed by atoms with van der Waals surface area (Å²) in [4.78, 5) is 4.02. The highest BCUT2D eigenvalue weighted by molar-refractivity contribution is 5.09. The van der Waals surface area contributed by atoms with Crippen molar-refractivity contribution in [2.75, 3.05) is 6.54 Å². The van der Waals surface area contributed by atoms with E-state index >= 15 is 0 Å². The molecule has 2 nitrogen and oxygen atoms in total. The summed E-state index contributed by atoms with van der Waals surface area (Å²) in [7, 11) is 0. The van der Waals surface area contributed by atoms with E-state index in [0.29, 0.717) is 6.04 Å². The Balaban J connectivity index is 2.25. The van der Waals surface area contributed by atoms with Gasteiger partial charge in [0.15, 0.2) is 0 Å². The smallest absolute Gasteiger partial charge is 0.0270 e. The molecule has 1 rings (SSSR count). The van der Waals surface area contributed by atoms with Gasteiger partial charge in [-0.15, -0.1) is 0 Å². The summed E-state index contributed by atoms with van der Waals surface area (Å²) in [6.07, 6.45) is 7.34. The minimum Gasteiger partial charge on any atom is -0.314 e. The number of aromatic nitrogens is 1. The maximum Gasteiger partial charge on any atom is 0.0270 e. The van der Waals surface area contributed by atoms with Crippen LogP contribution in [-0.4, -0.2) is 17.6 Å². The van der Waals surface area contributed by atoms with Crippen molar-refractivity contribution in [1.82, 2.24) is 10.3 Å². The van der Waals surface area contributed by atoms with Crippen molar-refractivity contribution in [1.29, 1.82) is 0 Å². The number of hydrogen-bond donors (Lipinski definition) is 1. The molecule has 0 amide bonds. The number of rotatable bonds is 7. The highest BCUT2D eigenvalue weighted by atomic mass is 14.9. The SMILES string of the molecule is CCC(CC)C(C)NCCc1ccncc1. The summed E-state index contributed by atoms with van der Waals surface area (Å²) in [5.41, 5.74) is 1.36. The van der Waals surface area contributed by atoms with E-state index in [1.807, 2.05) is 12.4 Å². The van der Waals surface area contributed by atoms with E-state index in [2.05, 4.69) is 43.2 Å². The Morgan fingerprint density at radius 1 is 1.19 bits per heavy atom. The van der Waals surface area contributed by atoms with Crippen LogP contribution in [0.4, 0.5) is 0 Å². The minimum absolute atomic E-state index is 0.622. The van der Waals surface area contributed by atoms with Crippen LogP contribution in [0.5, 0.6) is 0 Å². The Labute approximate surface area is 99.5 Å². The monoisotopic (exact) mass is 220 g/mol. The second-order valence-corrected chi connectivity index (χ2v) is 4.42. The number of nitrogens with one attached hydrogen (secondary N) is 1. The zero-order chi connectivity index (χ0) is 11.8. The van der Waals surface area contributed by atoms with Crippen LogP contribution in [0, 0.1) is 5.92 Å². The van der Waals surface area contributed by atoms with Crippen molar-refractivity contribution < 1.29 is 0 Å². The highest BCUT2D eigenvalue weighted by Gasteiger charge is 2.11. The molecule has 0 aromatic carbocycles. The minimum atomic E-state index is 0.622. The largest absolute Gasteiger partial charge is 0.314 e. The zero-order valence-electron chi connectivity index (χ0n) is 10.7. The fraction of sp³-hybridized carbons (Fsp3) is 0.643. The van der Waals surface area contributed by atoms with Gasteiger partial charge in [-0.05, 0) is 43.5 Å². The van der Waals surface area contributed by atoms with Gasteiger partial charge in [0.1, 0.15) is 0 Å². The first-order chi connectivity index (χ1) is 7.77. The lowest BCUT2D eigenvalue weighted by atomic mass is 9.95. The van der Waals surface area contributed by atoms with Gasteiger partial charge < -0.3 is 5.32 Å². The molecule has 1 aromatic heterocycles. The molecule has 1 atom stereocenters. The Hall–Kier alpha value is -0.890. The van der Waals surface area contributed by atoms with E-state index in [1.54, 1.807) is 0 Å². The first-order valence-electron chi connectivity index (χ1n) is 6.40. The van der Waals surface area contributed by atoms with Crippen LogP contribution in [0.15, 0.2) is 24.5 Å². The Morgan fingerprint density at radius 2 is 1.81 bits per heavy atom. The third-order valence-corrected chi connectivity index (χ3v) is 3.39. The second-order valence-electron chi connectivity index (χ2n) is 4.42. The quantitative estimate of drug-likeness (QED) is 0.764. The maximum absolute atomic E-state index is 4.02. The summed E-state index contributed by atoms with van der Waals surface area (Å²) in [5.74, 6) is 0.803. The molecule has 0 saturated heterocycles. The van der Waals surface area contributed by atoms with Gasteiger partial charge in [0.2, 0.25) is 0 Å². The molecule has 0 aliphatic carbocycles. The van der Waals surface area contributed by atoms with Crippen LogP contribution >= 0.6 is 0 Å². The van der Waals surface area contributed by atoms with E-state index in [1.165, 1.54) is 18.4 Å². The normalized spacial score (nSPS) is 13.0. The standard InChI is InChI=1S/C14H24N2/c1-4-14(5-2)12(3)16-11-8-13-6-9-15-10-7-13/h6-7,9-10,12,14,16H,4-5,8,11H2,1-3H3. The van der Waals surface area contributed by atoms with Crippen molar-refractivity contribution in [2.24, 2.45) is 5.92 Å². The molecule has 1 heterocycles. The van der Waals surface area contributed by atoms with Crippen LogP contribution in [-0.2, 0) is 6.42 Å². The maximum atomic E-state index is 4.02. The molecule has 0 radical (unpaired) electrons. The predicted molar refractivity (Wildman–Crippen MR) is 69.5 cm³/mol. The molecule has 1 aromatic rings. The van der Waals surface area contributed by atoms with Crippen LogP contribution in [0.2, 0.25) is 0 Å². The lowest BCUT2D eigenvalue weighted by molar-refractivity contribution is 0.356. The Bertz CT molecular complexity index is 267. The molecule has 90 valence electrons. The number of pyridine rings is 1. The molecule has 0 saturated carbocycles. The van der Waals surface area contributed by atoms with E-state index in [4.69, 9.17) is 0 Å². The molecule has 0 spiro atoms. The average Bonchev–Trinajstić information content (AvgIpc) is 2.32. The summed E-state index contributed by atoms with van der Waals surface area (Å²) >= 11 is 0. The first kappa shape index (κ1) is 13.2. The van der Waals surface area contributed by atoms with Gasteiger partial charge in [-0.1, -0.05) is 26.7 Å². The number of hydrogen-bond acceptors (Lipinski definition) is 2. The summed E-state index contributed by atoms with van der Waals surface area (Å²) < 4.78 is 0. The predicted octanol–water partition coefficient (Wildman–Crippen LogP) is 3.04. The first-order valence-corrected chi connectivity index (χ1v) is 6.40. The summed E-state index contributed by atoms with van der Waals surface area (Å²) in [6, 6.07) is 4.80. The van der Waals surface area contributed by atoms with Gasteiger partial charge in [-0.3, -0.25) is 4.98 Å². The molecular weight excluding hydrogens is 196 g/mol. The average molecular weight is 220 g/mol. The van der Waals surface area contributed by atoms with Crippen molar-refractivity contribution in [2.45, 2.75) is 46.1 Å². The lowest BCUT2D eigenvalue weighted by Gasteiger charge is -2.22. The van der Waals surface area contributed by atoms with Gasteiger partial charge >= 0.3 is 0 Å². The fourth-order valence-electron chi connectivity index (χ4n) is 2.16. The van der Waals surface area contributed by atoms with Crippen molar-refractivity contribution in [3.63, 3.8) is 0 Å². The summed E-state index contributed by atoms with van der Waals surface area (Å²) in [6.45, 7) is 7.90. The Kier molecular flexibility index (Phi) is 6.09. The molecule has 0 bridgehead atoms. The lowest BCUT2D eigenvalue weighted by Crippen LogP contribution is -2.34.